The lowest BCUT2D eigenvalue weighted by Gasteiger charge is -2.41. The number of H-pyrrole nitrogens is 1. The van der Waals surface area contributed by atoms with Crippen molar-refractivity contribution < 1.29 is 18.3 Å². The van der Waals surface area contributed by atoms with Crippen molar-refractivity contribution in [3.63, 3.8) is 0 Å². The van der Waals surface area contributed by atoms with Gasteiger partial charge in [0, 0.05) is 19.5 Å². The molecule has 0 bridgehead atoms. The average Bonchev–Trinajstić information content (AvgIpc) is 2.86. The molecular weight excluding hydrogens is 282 g/mol. The number of morpholine rings is 1. The van der Waals surface area contributed by atoms with Gasteiger partial charge in [0.15, 0.2) is 5.03 Å². The summed E-state index contributed by atoms with van der Waals surface area (Å²) in [6, 6.07) is 0. The van der Waals surface area contributed by atoms with Gasteiger partial charge in [0.05, 0.1) is 24.5 Å². The molecule has 0 aromatic carbocycles. The van der Waals surface area contributed by atoms with Crippen LogP contribution in [0.25, 0.3) is 0 Å². The lowest BCUT2D eigenvalue weighted by atomic mass is 10.1. The van der Waals surface area contributed by atoms with Crippen LogP contribution in [0.3, 0.4) is 0 Å². The number of aryl methyl sites for hydroxylation is 1. The van der Waals surface area contributed by atoms with E-state index in [1.165, 1.54) is 10.5 Å². The highest BCUT2D eigenvalue weighted by Crippen LogP contribution is 2.25. The predicted octanol–water partition coefficient (Wildman–Crippen LogP) is 0.132. The second-order valence-corrected chi connectivity index (χ2v) is 7.43. The van der Waals surface area contributed by atoms with E-state index in [1.54, 1.807) is 0 Å². The Morgan fingerprint density at radius 3 is 2.85 bits per heavy atom. The van der Waals surface area contributed by atoms with Crippen LogP contribution in [-0.4, -0.2) is 59.2 Å². The SMILES string of the molecule is CCc1ncc(S(=O)(=O)N2CC(CO)OC(C)(C)C2)[nH]1. The van der Waals surface area contributed by atoms with Crippen LogP contribution >= 0.6 is 0 Å². The maximum absolute atomic E-state index is 12.6. The Morgan fingerprint density at radius 2 is 2.30 bits per heavy atom. The van der Waals surface area contributed by atoms with Gasteiger partial charge in [-0.2, -0.15) is 4.31 Å². The van der Waals surface area contributed by atoms with Crippen molar-refractivity contribution in [2.75, 3.05) is 19.7 Å². The third-order valence-corrected chi connectivity index (χ3v) is 4.93. The van der Waals surface area contributed by atoms with Gasteiger partial charge in [0.1, 0.15) is 5.82 Å². The first kappa shape index (κ1) is 15.4. The van der Waals surface area contributed by atoms with Crippen LogP contribution in [0.1, 0.15) is 26.6 Å². The highest BCUT2D eigenvalue weighted by Gasteiger charge is 2.39. The molecule has 1 fully saturated rings. The Bertz CT molecular complexity index is 567. The van der Waals surface area contributed by atoms with Crippen molar-refractivity contribution in [3.05, 3.63) is 12.0 Å². The van der Waals surface area contributed by atoms with E-state index in [-0.39, 0.29) is 24.7 Å². The maximum Gasteiger partial charge on any atom is 0.260 e. The van der Waals surface area contributed by atoms with Gasteiger partial charge in [0.25, 0.3) is 10.0 Å². The first-order valence-corrected chi connectivity index (χ1v) is 8.05. The zero-order valence-electron chi connectivity index (χ0n) is 12.0. The number of hydrogen-bond donors (Lipinski definition) is 2. The number of ether oxygens (including phenoxy) is 1. The van der Waals surface area contributed by atoms with Crippen molar-refractivity contribution in [2.45, 2.75) is 43.9 Å². The van der Waals surface area contributed by atoms with E-state index in [0.29, 0.717) is 12.2 Å². The van der Waals surface area contributed by atoms with Crippen molar-refractivity contribution in [3.8, 4) is 0 Å². The molecule has 7 nitrogen and oxygen atoms in total. The molecule has 2 N–H and O–H groups in total. The number of aliphatic hydroxyl groups excluding tert-OH is 1. The van der Waals surface area contributed by atoms with Crippen LogP contribution in [0.15, 0.2) is 11.2 Å². The average molecular weight is 303 g/mol. The van der Waals surface area contributed by atoms with Crippen molar-refractivity contribution in [1.82, 2.24) is 14.3 Å². The summed E-state index contributed by atoms with van der Waals surface area (Å²) in [5, 5.41) is 9.34. The minimum Gasteiger partial charge on any atom is -0.394 e. The van der Waals surface area contributed by atoms with Gasteiger partial charge in [-0.1, -0.05) is 6.92 Å². The summed E-state index contributed by atoms with van der Waals surface area (Å²) in [6.07, 6.45) is 1.47. The maximum atomic E-state index is 12.6. The predicted molar refractivity (Wildman–Crippen MR) is 72.8 cm³/mol. The Hall–Kier alpha value is -0.960. The second kappa shape index (κ2) is 5.44. The van der Waals surface area contributed by atoms with E-state index in [4.69, 9.17) is 4.74 Å². The van der Waals surface area contributed by atoms with E-state index >= 15 is 0 Å². The lowest BCUT2D eigenvalue weighted by molar-refractivity contribution is -0.131. The molecular formula is C12H21N3O4S. The Labute approximate surface area is 119 Å². The van der Waals surface area contributed by atoms with Crippen LogP contribution in [0.4, 0.5) is 0 Å². The number of nitrogens with one attached hydrogen (secondary N) is 1. The van der Waals surface area contributed by atoms with Gasteiger partial charge in [-0.3, -0.25) is 0 Å². The lowest BCUT2D eigenvalue weighted by Crippen LogP contribution is -2.55. The van der Waals surface area contributed by atoms with Crippen LogP contribution in [-0.2, 0) is 21.2 Å². The molecule has 1 saturated heterocycles. The van der Waals surface area contributed by atoms with Crippen molar-refractivity contribution in [1.29, 1.82) is 0 Å². The molecule has 1 atom stereocenters. The smallest absolute Gasteiger partial charge is 0.260 e. The Kier molecular flexibility index (Phi) is 4.19. The monoisotopic (exact) mass is 303 g/mol. The molecule has 1 aliphatic heterocycles. The van der Waals surface area contributed by atoms with Gasteiger partial charge < -0.3 is 14.8 Å². The number of sulfonamides is 1. The van der Waals surface area contributed by atoms with Crippen LogP contribution in [0.2, 0.25) is 0 Å². The fourth-order valence-electron chi connectivity index (χ4n) is 2.31. The molecule has 114 valence electrons. The Balaban J connectivity index is 2.28. The van der Waals surface area contributed by atoms with Gasteiger partial charge in [0.2, 0.25) is 0 Å². The molecule has 2 rings (SSSR count). The molecule has 20 heavy (non-hydrogen) atoms. The number of aromatic amines is 1. The summed E-state index contributed by atoms with van der Waals surface area (Å²) < 4.78 is 32.1. The number of hydrogen-bond acceptors (Lipinski definition) is 5. The third kappa shape index (κ3) is 3.03. The molecule has 0 spiro atoms. The molecule has 0 aliphatic carbocycles. The third-order valence-electron chi connectivity index (χ3n) is 3.21. The number of aromatic nitrogens is 2. The van der Waals surface area contributed by atoms with E-state index in [0.717, 1.165) is 0 Å². The molecule has 0 saturated carbocycles. The highest BCUT2D eigenvalue weighted by molar-refractivity contribution is 7.89. The summed E-state index contributed by atoms with van der Waals surface area (Å²) in [5.41, 5.74) is -0.633. The summed E-state index contributed by atoms with van der Waals surface area (Å²) in [6.45, 7) is 5.69. The van der Waals surface area contributed by atoms with Gasteiger partial charge in [-0.15, -0.1) is 0 Å². The van der Waals surface area contributed by atoms with E-state index in [2.05, 4.69) is 9.97 Å². The highest BCUT2D eigenvalue weighted by atomic mass is 32.2. The molecule has 1 unspecified atom stereocenters. The first-order chi connectivity index (χ1) is 9.28. The van der Waals surface area contributed by atoms with Crippen LogP contribution in [0, 0.1) is 0 Å². The fraction of sp³-hybridized carbons (Fsp3) is 0.750. The molecule has 2 heterocycles. The standard InChI is InChI=1S/C12H21N3O4S/c1-4-10-13-5-11(14-10)20(17,18)15-6-9(7-16)19-12(2,3)8-15/h5,9,16H,4,6-8H2,1-3H3,(H,13,14). The summed E-state index contributed by atoms with van der Waals surface area (Å²) >= 11 is 0. The number of rotatable bonds is 4. The van der Waals surface area contributed by atoms with Gasteiger partial charge in [-0.05, 0) is 13.8 Å². The van der Waals surface area contributed by atoms with E-state index < -0.39 is 21.7 Å². The zero-order valence-corrected chi connectivity index (χ0v) is 12.8. The molecule has 1 aromatic heterocycles. The first-order valence-electron chi connectivity index (χ1n) is 6.61. The molecule has 0 radical (unpaired) electrons. The molecule has 0 amide bonds. The number of imidazole rings is 1. The van der Waals surface area contributed by atoms with Crippen LogP contribution in [0.5, 0.6) is 0 Å². The summed E-state index contributed by atoms with van der Waals surface area (Å²) in [5.74, 6) is 0.634. The van der Waals surface area contributed by atoms with Crippen molar-refractivity contribution >= 4 is 10.0 Å². The summed E-state index contributed by atoms with van der Waals surface area (Å²) in [7, 11) is -3.64. The quantitative estimate of drug-likeness (QED) is 0.824. The number of aliphatic hydroxyl groups is 1. The van der Waals surface area contributed by atoms with Gasteiger partial charge in [-0.25, -0.2) is 13.4 Å². The van der Waals surface area contributed by atoms with Gasteiger partial charge >= 0.3 is 0 Å². The van der Waals surface area contributed by atoms with Crippen LogP contribution < -0.4 is 0 Å². The molecule has 1 aliphatic rings. The second-order valence-electron chi connectivity index (χ2n) is 5.53. The topological polar surface area (TPSA) is 95.5 Å². The Morgan fingerprint density at radius 1 is 1.60 bits per heavy atom. The molecule has 8 heteroatoms. The largest absolute Gasteiger partial charge is 0.394 e. The fourth-order valence-corrected chi connectivity index (χ4v) is 3.87. The van der Waals surface area contributed by atoms with E-state index in [9.17, 15) is 13.5 Å². The summed E-state index contributed by atoms with van der Waals surface area (Å²) in [4.78, 5) is 6.85. The number of nitrogens with zero attached hydrogens (tertiary/aromatic N) is 2. The molecule has 1 aromatic rings. The zero-order chi connectivity index (χ0) is 15.0. The minimum atomic E-state index is -3.64. The normalized spacial score (nSPS) is 23.9. The van der Waals surface area contributed by atoms with E-state index in [1.807, 2.05) is 20.8 Å². The minimum absolute atomic E-state index is 0.0868. The van der Waals surface area contributed by atoms with Crippen molar-refractivity contribution in [2.24, 2.45) is 0 Å².